The van der Waals surface area contributed by atoms with Crippen molar-refractivity contribution in [1.29, 1.82) is 0 Å². The summed E-state index contributed by atoms with van der Waals surface area (Å²) < 4.78 is 10.2. The topological polar surface area (TPSA) is 56.8 Å². The van der Waals surface area contributed by atoms with Crippen LogP contribution < -0.4 is 10.5 Å². The molecule has 0 aliphatic carbocycles. The average Bonchev–Trinajstić information content (AvgIpc) is 2.65. The van der Waals surface area contributed by atoms with Crippen LogP contribution in [-0.4, -0.2) is 19.7 Å². The smallest absolute Gasteiger partial charge is 0.282 e. The van der Waals surface area contributed by atoms with E-state index in [0.717, 1.165) is 11.3 Å². The summed E-state index contributed by atoms with van der Waals surface area (Å²) in [6.07, 6.45) is 0. The molecule has 2 N–H and O–H groups in total. The number of amidine groups is 1. The maximum Gasteiger partial charge on any atom is 0.282 e. The predicted molar refractivity (Wildman–Crippen MR) is 53.3 cm³/mol. The van der Waals surface area contributed by atoms with Crippen LogP contribution in [0.25, 0.3) is 0 Å². The molecule has 1 heterocycles. The fourth-order valence-corrected chi connectivity index (χ4v) is 1.41. The fourth-order valence-electron chi connectivity index (χ4n) is 1.41. The molecule has 1 aromatic rings. The number of aliphatic imine (C=N–C) groups is 1. The zero-order chi connectivity index (χ0) is 9.97. The molecule has 0 bridgehead atoms. The second-order valence-electron chi connectivity index (χ2n) is 3.07. The molecule has 0 amide bonds. The van der Waals surface area contributed by atoms with Crippen molar-refractivity contribution in [1.82, 2.24) is 0 Å². The van der Waals surface area contributed by atoms with Crippen molar-refractivity contribution in [3.05, 3.63) is 29.8 Å². The minimum absolute atomic E-state index is 0.00472. The number of nitrogens with two attached hydrogens (primary N) is 1. The minimum Gasteiger partial charge on any atom is -0.497 e. The van der Waals surface area contributed by atoms with Crippen molar-refractivity contribution >= 4 is 6.02 Å². The van der Waals surface area contributed by atoms with Crippen LogP contribution in [0.15, 0.2) is 29.3 Å². The molecule has 0 spiro atoms. The van der Waals surface area contributed by atoms with E-state index in [1.807, 2.05) is 24.3 Å². The van der Waals surface area contributed by atoms with E-state index in [-0.39, 0.29) is 12.1 Å². The van der Waals surface area contributed by atoms with Crippen LogP contribution in [-0.2, 0) is 4.74 Å². The lowest BCUT2D eigenvalue weighted by Crippen LogP contribution is -2.10. The summed E-state index contributed by atoms with van der Waals surface area (Å²) in [5, 5.41) is 0. The molecule has 2 rings (SSSR count). The Kier molecular flexibility index (Phi) is 2.26. The van der Waals surface area contributed by atoms with Crippen LogP contribution in [0.5, 0.6) is 5.75 Å². The second-order valence-corrected chi connectivity index (χ2v) is 3.07. The van der Waals surface area contributed by atoms with Gasteiger partial charge in [-0.05, 0) is 17.7 Å². The Labute approximate surface area is 82.3 Å². The average molecular weight is 192 g/mol. The van der Waals surface area contributed by atoms with Gasteiger partial charge in [-0.1, -0.05) is 12.1 Å². The molecule has 1 atom stereocenters. The summed E-state index contributed by atoms with van der Waals surface area (Å²) in [5.41, 5.74) is 6.49. The van der Waals surface area contributed by atoms with Crippen molar-refractivity contribution in [2.24, 2.45) is 10.7 Å². The molecule has 0 unspecified atom stereocenters. The molecule has 0 aromatic heterocycles. The zero-order valence-electron chi connectivity index (χ0n) is 7.93. The molecule has 14 heavy (non-hydrogen) atoms. The summed E-state index contributed by atoms with van der Waals surface area (Å²) >= 11 is 0. The summed E-state index contributed by atoms with van der Waals surface area (Å²) in [6, 6.07) is 8.02. The Morgan fingerprint density at radius 1 is 1.57 bits per heavy atom. The normalized spacial score (nSPS) is 20.1. The van der Waals surface area contributed by atoms with Gasteiger partial charge in [0.1, 0.15) is 18.4 Å². The third-order valence-corrected chi connectivity index (χ3v) is 2.15. The first-order valence-corrected chi connectivity index (χ1v) is 4.39. The Morgan fingerprint density at radius 2 is 2.43 bits per heavy atom. The first-order valence-electron chi connectivity index (χ1n) is 4.39. The van der Waals surface area contributed by atoms with Gasteiger partial charge >= 0.3 is 0 Å². The molecule has 1 aliphatic heterocycles. The maximum absolute atomic E-state index is 5.43. The second kappa shape index (κ2) is 3.57. The van der Waals surface area contributed by atoms with Crippen LogP contribution in [0.2, 0.25) is 0 Å². The zero-order valence-corrected chi connectivity index (χ0v) is 7.93. The Bertz CT molecular complexity index is 363. The molecule has 0 fully saturated rings. The molecule has 1 aromatic carbocycles. The van der Waals surface area contributed by atoms with E-state index in [2.05, 4.69) is 4.99 Å². The van der Waals surface area contributed by atoms with Gasteiger partial charge in [0.25, 0.3) is 6.02 Å². The molecular formula is C10H12N2O2. The highest BCUT2D eigenvalue weighted by Gasteiger charge is 2.18. The van der Waals surface area contributed by atoms with Gasteiger partial charge in [-0.3, -0.25) is 0 Å². The highest BCUT2D eigenvalue weighted by molar-refractivity contribution is 5.73. The molecule has 74 valence electrons. The third-order valence-electron chi connectivity index (χ3n) is 2.15. The van der Waals surface area contributed by atoms with Crippen LogP contribution in [0.4, 0.5) is 0 Å². The molecule has 0 radical (unpaired) electrons. The summed E-state index contributed by atoms with van der Waals surface area (Å²) in [4.78, 5) is 4.15. The lowest BCUT2D eigenvalue weighted by Gasteiger charge is -2.06. The van der Waals surface area contributed by atoms with Gasteiger partial charge in [0.2, 0.25) is 0 Å². The van der Waals surface area contributed by atoms with E-state index in [4.69, 9.17) is 15.2 Å². The van der Waals surface area contributed by atoms with E-state index in [1.165, 1.54) is 0 Å². The number of hydrogen-bond donors (Lipinski definition) is 1. The SMILES string of the molecule is COc1cccc([C@@H]2COC(N)=N2)c1. The molecule has 1 aliphatic rings. The molecule has 4 nitrogen and oxygen atoms in total. The van der Waals surface area contributed by atoms with Crippen molar-refractivity contribution in [3.63, 3.8) is 0 Å². The minimum atomic E-state index is 0.00472. The van der Waals surface area contributed by atoms with E-state index in [9.17, 15) is 0 Å². The van der Waals surface area contributed by atoms with Gasteiger partial charge in [0, 0.05) is 0 Å². The van der Waals surface area contributed by atoms with Gasteiger partial charge in [-0.25, -0.2) is 4.99 Å². The van der Waals surface area contributed by atoms with E-state index in [1.54, 1.807) is 7.11 Å². The quantitative estimate of drug-likeness (QED) is 0.762. The Balaban J connectivity index is 2.24. The van der Waals surface area contributed by atoms with E-state index >= 15 is 0 Å². The first kappa shape index (κ1) is 8.87. The summed E-state index contributed by atoms with van der Waals surface area (Å²) in [6.45, 7) is 0.513. The van der Waals surface area contributed by atoms with Crippen LogP contribution in [0.3, 0.4) is 0 Å². The third kappa shape index (κ3) is 1.64. The van der Waals surface area contributed by atoms with Crippen LogP contribution in [0.1, 0.15) is 11.6 Å². The van der Waals surface area contributed by atoms with Crippen LogP contribution >= 0.6 is 0 Å². The lowest BCUT2D eigenvalue weighted by molar-refractivity contribution is 0.314. The highest BCUT2D eigenvalue weighted by Crippen LogP contribution is 2.24. The Hall–Kier alpha value is -1.71. The predicted octanol–water partition coefficient (Wildman–Crippen LogP) is 1.08. The standard InChI is InChI=1S/C10H12N2O2/c1-13-8-4-2-3-7(5-8)9-6-14-10(11)12-9/h2-5,9H,6H2,1H3,(H2,11,12)/t9-/m0/s1. The number of methoxy groups -OCH3 is 1. The summed E-state index contributed by atoms with van der Waals surface area (Å²) in [5.74, 6) is 0.822. The largest absolute Gasteiger partial charge is 0.497 e. The summed E-state index contributed by atoms with van der Waals surface area (Å²) in [7, 11) is 1.64. The molecule has 4 heteroatoms. The van der Waals surface area contributed by atoms with E-state index < -0.39 is 0 Å². The van der Waals surface area contributed by atoms with Gasteiger partial charge in [-0.15, -0.1) is 0 Å². The molecular weight excluding hydrogens is 180 g/mol. The van der Waals surface area contributed by atoms with Gasteiger partial charge in [0.05, 0.1) is 7.11 Å². The van der Waals surface area contributed by atoms with Crippen molar-refractivity contribution in [2.45, 2.75) is 6.04 Å². The fraction of sp³-hybridized carbons (Fsp3) is 0.300. The highest BCUT2D eigenvalue weighted by atomic mass is 16.5. The lowest BCUT2D eigenvalue weighted by atomic mass is 10.1. The number of ether oxygens (including phenoxy) is 2. The van der Waals surface area contributed by atoms with Gasteiger partial charge in [-0.2, -0.15) is 0 Å². The van der Waals surface area contributed by atoms with Crippen molar-refractivity contribution in [3.8, 4) is 5.75 Å². The van der Waals surface area contributed by atoms with Crippen molar-refractivity contribution in [2.75, 3.05) is 13.7 Å². The number of benzene rings is 1. The molecule has 0 saturated carbocycles. The number of nitrogens with zero attached hydrogens (tertiary/aromatic N) is 1. The first-order chi connectivity index (χ1) is 6.79. The van der Waals surface area contributed by atoms with Gasteiger partial charge < -0.3 is 15.2 Å². The number of hydrogen-bond acceptors (Lipinski definition) is 4. The Morgan fingerprint density at radius 3 is 3.07 bits per heavy atom. The molecule has 0 saturated heterocycles. The van der Waals surface area contributed by atoms with Gasteiger partial charge in [0.15, 0.2) is 0 Å². The van der Waals surface area contributed by atoms with E-state index in [0.29, 0.717) is 6.61 Å². The number of rotatable bonds is 2. The van der Waals surface area contributed by atoms with Crippen molar-refractivity contribution < 1.29 is 9.47 Å². The monoisotopic (exact) mass is 192 g/mol. The maximum atomic E-state index is 5.43. The van der Waals surface area contributed by atoms with Crippen LogP contribution in [0, 0.1) is 0 Å².